The van der Waals surface area contributed by atoms with Gasteiger partial charge < -0.3 is 21.1 Å². The summed E-state index contributed by atoms with van der Waals surface area (Å²) in [6, 6.07) is 14.6. The largest absolute Gasteiger partial charge is 0.478 e. The van der Waals surface area contributed by atoms with Crippen LogP contribution in [0.15, 0.2) is 42.5 Å². The molecular weight excluding hydrogens is 390 g/mol. The maximum absolute atomic E-state index is 11.3. The van der Waals surface area contributed by atoms with Gasteiger partial charge in [-0.2, -0.15) is 5.10 Å². The Bertz CT molecular complexity index is 1260. The summed E-state index contributed by atoms with van der Waals surface area (Å²) >= 11 is 0. The fourth-order valence-electron chi connectivity index (χ4n) is 4.59. The monoisotopic (exact) mass is 417 g/mol. The highest BCUT2D eigenvalue weighted by Crippen LogP contribution is 2.30. The SMILES string of the molecule is Cn1nc(-c2cc3cc(CNC4CCC(N)CC4)ccc3[nH]2)c2ccc(C(=O)O)cc21. The molecule has 160 valence electrons. The van der Waals surface area contributed by atoms with Crippen LogP contribution in [0.2, 0.25) is 0 Å². The lowest BCUT2D eigenvalue weighted by atomic mass is 9.92. The van der Waals surface area contributed by atoms with Crippen molar-refractivity contribution in [3.63, 3.8) is 0 Å². The Hall–Kier alpha value is -3.16. The van der Waals surface area contributed by atoms with Crippen molar-refractivity contribution in [3.8, 4) is 11.4 Å². The molecule has 1 aliphatic rings. The van der Waals surface area contributed by atoms with Gasteiger partial charge in [0, 0.05) is 42.0 Å². The number of nitrogens with one attached hydrogen (secondary N) is 2. The molecule has 0 amide bonds. The van der Waals surface area contributed by atoms with E-state index >= 15 is 0 Å². The van der Waals surface area contributed by atoms with Crippen molar-refractivity contribution in [1.29, 1.82) is 0 Å². The van der Waals surface area contributed by atoms with E-state index in [0.29, 0.717) is 12.1 Å². The lowest BCUT2D eigenvalue weighted by Crippen LogP contribution is -2.36. The summed E-state index contributed by atoms with van der Waals surface area (Å²) in [6.45, 7) is 0.848. The molecule has 2 aromatic carbocycles. The molecule has 0 bridgehead atoms. The van der Waals surface area contributed by atoms with Crippen molar-refractivity contribution in [2.24, 2.45) is 12.8 Å². The number of H-pyrrole nitrogens is 1. The quantitative estimate of drug-likeness (QED) is 0.395. The molecule has 4 aromatic rings. The second kappa shape index (κ2) is 7.83. The number of nitrogens with two attached hydrogens (primary N) is 1. The predicted octanol–water partition coefficient (Wildman–Crippen LogP) is 3.78. The summed E-state index contributed by atoms with van der Waals surface area (Å²) < 4.78 is 1.73. The van der Waals surface area contributed by atoms with Gasteiger partial charge in [-0.3, -0.25) is 4.68 Å². The highest BCUT2D eigenvalue weighted by atomic mass is 16.4. The van der Waals surface area contributed by atoms with Gasteiger partial charge in [0.05, 0.1) is 16.8 Å². The first-order valence-electron chi connectivity index (χ1n) is 10.8. The number of hydrogen-bond donors (Lipinski definition) is 4. The second-order valence-corrected chi connectivity index (χ2v) is 8.61. The Morgan fingerprint density at radius 1 is 1.19 bits per heavy atom. The number of aromatic amines is 1. The molecule has 0 unspecified atom stereocenters. The van der Waals surface area contributed by atoms with E-state index in [2.05, 4.69) is 39.7 Å². The molecule has 5 N–H and O–H groups in total. The van der Waals surface area contributed by atoms with Crippen LogP contribution in [0.4, 0.5) is 0 Å². The van der Waals surface area contributed by atoms with Crippen molar-refractivity contribution in [1.82, 2.24) is 20.1 Å². The minimum atomic E-state index is -0.938. The molecule has 0 radical (unpaired) electrons. The molecule has 5 rings (SSSR count). The van der Waals surface area contributed by atoms with E-state index in [1.54, 1.807) is 16.8 Å². The molecule has 2 heterocycles. The van der Waals surface area contributed by atoms with Gasteiger partial charge in [-0.25, -0.2) is 4.79 Å². The number of carboxylic acids is 1. The summed E-state index contributed by atoms with van der Waals surface area (Å²) in [6.07, 6.45) is 4.50. The normalized spacial score (nSPS) is 19.3. The topological polar surface area (TPSA) is 109 Å². The van der Waals surface area contributed by atoms with Crippen LogP contribution in [0.1, 0.15) is 41.6 Å². The standard InChI is InChI=1S/C24H27N5O2/c1-29-22-12-15(24(30)31)3-8-19(22)23(28-29)21-11-16-10-14(2-9-20(16)27-21)13-26-18-6-4-17(25)5-7-18/h2-3,8-12,17-18,26-27H,4-7,13,25H2,1H3,(H,30,31). The van der Waals surface area contributed by atoms with Gasteiger partial charge in [0.1, 0.15) is 5.69 Å². The molecule has 1 fully saturated rings. The first-order valence-corrected chi connectivity index (χ1v) is 10.8. The van der Waals surface area contributed by atoms with Crippen LogP contribution in [0, 0.1) is 0 Å². The third-order valence-electron chi connectivity index (χ3n) is 6.41. The first kappa shape index (κ1) is 19.8. The molecular formula is C24H27N5O2. The van der Waals surface area contributed by atoms with E-state index in [4.69, 9.17) is 5.73 Å². The summed E-state index contributed by atoms with van der Waals surface area (Å²) in [5, 5.41) is 19.7. The van der Waals surface area contributed by atoms with Gasteiger partial charge in [-0.15, -0.1) is 0 Å². The van der Waals surface area contributed by atoms with Crippen LogP contribution in [0.25, 0.3) is 33.2 Å². The summed E-state index contributed by atoms with van der Waals surface area (Å²) in [4.78, 5) is 14.8. The third kappa shape index (κ3) is 3.82. The van der Waals surface area contributed by atoms with Crippen molar-refractivity contribution in [3.05, 3.63) is 53.6 Å². The molecule has 0 spiro atoms. The molecule has 1 aliphatic carbocycles. The molecule has 31 heavy (non-hydrogen) atoms. The van der Waals surface area contributed by atoms with Gasteiger partial charge in [0.2, 0.25) is 0 Å². The first-order chi connectivity index (χ1) is 15.0. The minimum Gasteiger partial charge on any atom is -0.478 e. The average Bonchev–Trinajstić information content (AvgIpc) is 3.33. The Morgan fingerprint density at radius 3 is 2.77 bits per heavy atom. The van der Waals surface area contributed by atoms with Crippen molar-refractivity contribution in [2.45, 2.75) is 44.3 Å². The number of benzene rings is 2. The van der Waals surface area contributed by atoms with E-state index < -0.39 is 5.97 Å². The van der Waals surface area contributed by atoms with E-state index in [1.165, 1.54) is 5.56 Å². The molecule has 1 saturated carbocycles. The van der Waals surface area contributed by atoms with Crippen molar-refractivity contribution in [2.75, 3.05) is 0 Å². The molecule has 2 aromatic heterocycles. The highest BCUT2D eigenvalue weighted by Gasteiger charge is 2.18. The van der Waals surface area contributed by atoms with E-state index in [0.717, 1.165) is 65.4 Å². The molecule has 0 saturated heterocycles. The van der Waals surface area contributed by atoms with Crippen molar-refractivity contribution >= 4 is 27.8 Å². The highest BCUT2D eigenvalue weighted by molar-refractivity contribution is 5.99. The zero-order valence-electron chi connectivity index (χ0n) is 17.6. The minimum absolute atomic E-state index is 0.260. The average molecular weight is 418 g/mol. The zero-order valence-corrected chi connectivity index (χ0v) is 17.6. The van der Waals surface area contributed by atoms with E-state index in [1.807, 2.05) is 13.1 Å². The van der Waals surface area contributed by atoms with Gasteiger partial charge in [-0.1, -0.05) is 6.07 Å². The molecule has 7 nitrogen and oxygen atoms in total. The van der Waals surface area contributed by atoms with Gasteiger partial charge >= 0.3 is 5.97 Å². The fourth-order valence-corrected chi connectivity index (χ4v) is 4.59. The maximum Gasteiger partial charge on any atom is 0.335 e. The Balaban J connectivity index is 1.41. The lowest BCUT2D eigenvalue weighted by Gasteiger charge is -2.27. The van der Waals surface area contributed by atoms with E-state index in [9.17, 15) is 9.90 Å². The van der Waals surface area contributed by atoms with Gasteiger partial charge in [0.25, 0.3) is 0 Å². The predicted molar refractivity (Wildman–Crippen MR) is 122 cm³/mol. The smallest absolute Gasteiger partial charge is 0.335 e. The van der Waals surface area contributed by atoms with Gasteiger partial charge in [0.15, 0.2) is 0 Å². The number of carboxylic acid groups (broad SMARTS) is 1. The Morgan fingerprint density at radius 2 is 2.00 bits per heavy atom. The van der Waals surface area contributed by atoms with Crippen LogP contribution in [0.3, 0.4) is 0 Å². The third-order valence-corrected chi connectivity index (χ3v) is 6.41. The number of hydrogen-bond acceptors (Lipinski definition) is 4. The van der Waals surface area contributed by atoms with Crippen LogP contribution < -0.4 is 11.1 Å². The fraction of sp³-hybridized carbons (Fsp3) is 0.333. The Labute approximate surface area is 180 Å². The number of aryl methyl sites for hydroxylation is 1. The summed E-state index contributed by atoms with van der Waals surface area (Å²) in [5.41, 5.74) is 11.1. The molecule has 7 heteroatoms. The number of fused-ring (bicyclic) bond motifs is 2. The number of aromatic nitrogens is 3. The number of aromatic carboxylic acids is 1. The molecule has 0 atom stereocenters. The lowest BCUT2D eigenvalue weighted by molar-refractivity contribution is 0.0697. The van der Waals surface area contributed by atoms with Crippen molar-refractivity contribution < 1.29 is 9.90 Å². The Kier molecular flexibility index (Phi) is 5.00. The number of carbonyl (C=O) groups is 1. The zero-order chi connectivity index (χ0) is 21.5. The van der Waals surface area contributed by atoms with Gasteiger partial charge in [-0.05, 0) is 67.6 Å². The number of rotatable bonds is 5. The summed E-state index contributed by atoms with van der Waals surface area (Å²) in [5.74, 6) is -0.938. The second-order valence-electron chi connectivity index (χ2n) is 8.61. The number of nitrogens with zero attached hydrogens (tertiary/aromatic N) is 2. The summed E-state index contributed by atoms with van der Waals surface area (Å²) in [7, 11) is 1.84. The molecule has 0 aliphatic heterocycles. The van der Waals surface area contributed by atoms with Crippen LogP contribution in [-0.4, -0.2) is 37.9 Å². The van der Waals surface area contributed by atoms with Crippen LogP contribution in [0.5, 0.6) is 0 Å². The maximum atomic E-state index is 11.3. The van der Waals surface area contributed by atoms with Crippen LogP contribution >= 0.6 is 0 Å². The van der Waals surface area contributed by atoms with Crippen LogP contribution in [-0.2, 0) is 13.6 Å². The van der Waals surface area contributed by atoms with E-state index in [-0.39, 0.29) is 5.56 Å².